The zero-order valence-electron chi connectivity index (χ0n) is 24.1. The second kappa shape index (κ2) is 13.4. The van der Waals surface area contributed by atoms with Crippen LogP contribution in [0.1, 0.15) is 27.0 Å². The van der Waals surface area contributed by atoms with E-state index in [0.717, 1.165) is 11.1 Å². The molecule has 228 valence electrons. The zero-order valence-corrected chi connectivity index (χ0v) is 24.1. The van der Waals surface area contributed by atoms with Crippen LogP contribution in [-0.2, 0) is 29.1 Å². The van der Waals surface area contributed by atoms with E-state index in [4.69, 9.17) is 5.84 Å². The van der Waals surface area contributed by atoms with Gasteiger partial charge in [-0.3, -0.25) is 19.8 Å². The summed E-state index contributed by atoms with van der Waals surface area (Å²) >= 11 is 0. The Hall–Kier alpha value is -5.20. The minimum absolute atomic E-state index is 0.0381. The highest BCUT2D eigenvalue weighted by atomic mass is 16.3. The standard InChI is InChI=1S/C32H35N7O5/c1-2-15-37-21-29(41)38-27(17-22-11-13-26(40)14-12-22)31(43)36(19-24-9-6-10-25(16-24)30(42)35-33)20-28(38)39(37)32(44)34-18-23-7-4-3-5-8-23/h2-14,16,27-28,40H,1,15,17-21,33H2,(H,34,44)(H,35,42)/t27-,28-/m0/s1. The van der Waals surface area contributed by atoms with Gasteiger partial charge in [-0.15, -0.1) is 6.58 Å². The molecule has 2 aliphatic heterocycles. The van der Waals surface area contributed by atoms with Crippen LogP contribution in [0.4, 0.5) is 4.79 Å². The maximum atomic E-state index is 14.1. The molecule has 2 saturated heterocycles. The number of nitrogens with two attached hydrogens (primary N) is 1. The fourth-order valence-electron chi connectivity index (χ4n) is 5.67. The molecule has 0 saturated carbocycles. The van der Waals surface area contributed by atoms with Crippen LogP contribution in [0.3, 0.4) is 0 Å². The van der Waals surface area contributed by atoms with Crippen molar-refractivity contribution in [3.8, 4) is 5.75 Å². The predicted octanol–water partition coefficient (Wildman–Crippen LogP) is 1.73. The van der Waals surface area contributed by atoms with E-state index in [1.54, 1.807) is 52.4 Å². The number of fused-ring (bicyclic) bond motifs is 1. The Bertz CT molecular complexity index is 1530. The van der Waals surface area contributed by atoms with Gasteiger partial charge in [-0.05, 0) is 41.0 Å². The first-order valence-electron chi connectivity index (χ1n) is 14.2. The summed E-state index contributed by atoms with van der Waals surface area (Å²) < 4.78 is 0. The maximum absolute atomic E-state index is 14.1. The van der Waals surface area contributed by atoms with Crippen molar-refractivity contribution in [1.29, 1.82) is 0 Å². The first-order valence-corrected chi connectivity index (χ1v) is 14.2. The van der Waals surface area contributed by atoms with Gasteiger partial charge in [0.2, 0.25) is 11.8 Å². The van der Waals surface area contributed by atoms with Gasteiger partial charge in [0.1, 0.15) is 18.0 Å². The molecule has 2 atom stereocenters. The number of carbonyl (C=O) groups excluding carboxylic acids is 4. The van der Waals surface area contributed by atoms with Gasteiger partial charge in [0.05, 0.1) is 13.1 Å². The average molecular weight is 598 g/mol. The summed E-state index contributed by atoms with van der Waals surface area (Å²) in [5.74, 6) is 4.35. The molecule has 0 radical (unpaired) electrons. The fourth-order valence-corrected chi connectivity index (χ4v) is 5.67. The number of nitrogen functional groups attached to an aromatic ring is 1. The second-order valence-electron chi connectivity index (χ2n) is 10.7. The van der Waals surface area contributed by atoms with Gasteiger partial charge >= 0.3 is 6.03 Å². The number of nitrogens with zero attached hydrogens (tertiary/aromatic N) is 4. The Balaban J connectivity index is 1.50. The van der Waals surface area contributed by atoms with E-state index in [9.17, 15) is 24.3 Å². The summed E-state index contributed by atoms with van der Waals surface area (Å²) in [6.45, 7) is 4.38. The Morgan fingerprint density at radius 2 is 1.70 bits per heavy atom. The van der Waals surface area contributed by atoms with Crippen LogP contribution in [0.25, 0.3) is 0 Å². The Morgan fingerprint density at radius 3 is 2.41 bits per heavy atom. The number of nitrogens with one attached hydrogen (secondary N) is 2. The number of benzene rings is 3. The number of hydrogen-bond acceptors (Lipinski definition) is 7. The first kappa shape index (κ1) is 30.3. The summed E-state index contributed by atoms with van der Waals surface area (Å²) in [7, 11) is 0. The lowest BCUT2D eigenvalue weighted by Gasteiger charge is -2.55. The summed E-state index contributed by atoms with van der Waals surface area (Å²) in [6, 6.07) is 21.4. The fraction of sp³-hybridized carbons (Fsp3) is 0.250. The van der Waals surface area contributed by atoms with E-state index >= 15 is 0 Å². The number of carbonyl (C=O) groups is 4. The summed E-state index contributed by atoms with van der Waals surface area (Å²) in [5, 5.41) is 15.9. The highest BCUT2D eigenvalue weighted by Gasteiger charge is 2.51. The molecular formula is C32H35N7O5. The monoisotopic (exact) mass is 597 g/mol. The number of urea groups is 1. The van der Waals surface area contributed by atoms with E-state index < -0.39 is 24.1 Å². The van der Waals surface area contributed by atoms with Crippen molar-refractivity contribution in [2.24, 2.45) is 5.84 Å². The molecule has 5 rings (SSSR count). The van der Waals surface area contributed by atoms with E-state index in [-0.39, 0.29) is 56.7 Å². The van der Waals surface area contributed by atoms with Crippen molar-refractivity contribution in [2.45, 2.75) is 31.7 Å². The van der Waals surface area contributed by atoms with Crippen LogP contribution in [0.2, 0.25) is 0 Å². The largest absolute Gasteiger partial charge is 0.508 e. The molecule has 3 aromatic rings. The lowest BCUT2D eigenvalue weighted by Crippen LogP contribution is -2.76. The lowest BCUT2D eigenvalue weighted by atomic mass is 9.98. The van der Waals surface area contributed by atoms with E-state index in [0.29, 0.717) is 11.1 Å². The SMILES string of the molecule is C=CCN1CC(=O)N2[C@@H](Cc3ccc(O)cc3)C(=O)N(Cc3cccc(C(=O)NN)c3)C[C@@H]2N1C(=O)NCc1ccccc1. The smallest absolute Gasteiger partial charge is 0.334 e. The molecule has 2 fully saturated rings. The Labute approximate surface area is 255 Å². The van der Waals surface area contributed by atoms with Gasteiger partial charge in [0, 0.05) is 31.6 Å². The van der Waals surface area contributed by atoms with Crippen molar-refractivity contribution < 1.29 is 24.3 Å². The Morgan fingerprint density at radius 1 is 0.977 bits per heavy atom. The number of hydrogen-bond donors (Lipinski definition) is 4. The molecule has 0 aromatic heterocycles. The van der Waals surface area contributed by atoms with Gasteiger partial charge in [-0.2, -0.15) is 0 Å². The molecule has 44 heavy (non-hydrogen) atoms. The summed E-state index contributed by atoms with van der Waals surface area (Å²) in [4.78, 5) is 56.9. The van der Waals surface area contributed by atoms with Gasteiger partial charge in [0.15, 0.2) is 0 Å². The van der Waals surface area contributed by atoms with Gasteiger partial charge in [-0.25, -0.2) is 20.7 Å². The highest BCUT2D eigenvalue weighted by Crippen LogP contribution is 2.29. The van der Waals surface area contributed by atoms with E-state index in [1.165, 1.54) is 22.0 Å². The molecule has 5 amide bonds. The average Bonchev–Trinajstić information content (AvgIpc) is 3.03. The predicted molar refractivity (Wildman–Crippen MR) is 162 cm³/mol. The Kier molecular flexibility index (Phi) is 9.22. The molecule has 2 aliphatic rings. The number of aromatic hydroxyl groups is 1. The molecular weight excluding hydrogens is 562 g/mol. The van der Waals surface area contributed by atoms with Gasteiger partial charge in [-0.1, -0.05) is 60.7 Å². The number of phenols is 1. The molecule has 0 aliphatic carbocycles. The topological polar surface area (TPSA) is 152 Å². The summed E-state index contributed by atoms with van der Waals surface area (Å²) in [6.07, 6.45) is 0.977. The number of amides is 5. The molecule has 12 heteroatoms. The van der Waals surface area contributed by atoms with Crippen LogP contribution in [-0.4, -0.2) is 80.5 Å². The molecule has 5 N–H and O–H groups in total. The van der Waals surface area contributed by atoms with Crippen LogP contribution >= 0.6 is 0 Å². The van der Waals surface area contributed by atoms with E-state index in [2.05, 4.69) is 17.3 Å². The summed E-state index contributed by atoms with van der Waals surface area (Å²) in [5.41, 5.74) is 4.78. The van der Waals surface area contributed by atoms with Crippen molar-refractivity contribution >= 4 is 23.8 Å². The van der Waals surface area contributed by atoms with Gasteiger partial charge < -0.3 is 20.2 Å². The minimum atomic E-state index is -0.920. The van der Waals surface area contributed by atoms with Crippen molar-refractivity contribution in [3.63, 3.8) is 0 Å². The third-order valence-electron chi connectivity index (χ3n) is 7.72. The lowest BCUT2D eigenvalue weighted by molar-refractivity contribution is -0.189. The van der Waals surface area contributed by atoms with Crippen molar-refractivity contribution in [1.82, 2.24) is 30.6 Å². The third kappa shape index (κ3) is 6.56. The maximum Gasteiger partial charge on any atom is 0.334 e. The third-order valence-corrected chi connectivity index (χ3v) is 7.72. The zero-order chi connectivity index (χ0) is 31.2. The minimum Gasteiger partial charge on any atom is -0.508 e. The van der Waals surface area contributed by atoms with Crippen LogP contribution in [0.5, 0.6) is 5.75 Å². The van der Waals surface area contributed by atoms with Gasteiger partial charge in [0.25, 0.3) is 5.91 Å². The number of phenolic OH excluding ortho intramolecular Hbond substituents is 1. The highest BCUT2D eigenvalue weighted by molar-refractivity contribution is 5.94. The van der Waals surface area contributed by atoms with Crippen LogP contribution < -0.4 is 16.6 Å². The first-order chi connectivity index (χ1) is 21.3. The molecule has 0 spiro atoms. The molecule has 12 nitrogen and oxygen atoms in total. The van der Waals surface area contributed by atoms with Crippen molar-refractivity contribution in [3.05, 3.63) is 114 Å². The molecule has 0 bridgehead atoms. The molecule has 0 unspecified atom stereocenters. The number of rotatable bonds is 9. The quantitative estimate of drug-likeness (QED) is 0.127. The van der Waals surface area contributed by atoms with Crippen molar-refractivity contribution in [2.75, 3.05) is 19.6 Å². The normalized spacial score (nSPS) is 18.5. The molecule has 2 heterocycles. The number of piperazine rings is 1. The van der Waals surface area contributed by atoms with E-state index in [1.807, 2.05) is 30.3 Å². The van der Waals surface area contributed by atoms with Crippen LogP contribution in [0.15, 0.2) is 91.5 Å². The molecule has 3 aromatic carbocycles. The van der Waals surface area contributed by atoms with Crippen LogP contribution in [0, 0.1) is 0 Å². The number of hydrazine groups is 2. The second-order valence-corrected chi connectivity index (χ2v) is 10.7.